The number of hydrogen-bond donors (Lipinski definition) is 0. The molecule has 5 aliphatic heterocycles. The summed E-state index contributed by atoms with van der Waals surface area (Å²) in [5, 5.41) is 14.2. The second-order valence-corrected chi connectivity index (χ2v) is 8.43. The molecule has 0 aromatic rings. The van der Waals surface area contributed by atoms with Gasteiger partial charge in [-0.15, -0.1) is 11.8 Å². The van der Waals surface area contributed by atoms with Gasteiger partial charge in [0, 0.05) is 37.5 Å². The van der Waals surface area contributed by atoms with Gasteiger partial charge >= 0.3 is 5.97 Å². The molecule has 7 nitrogen and oxygen atoms in total. The Bertz CT molecular complexity index is 580. The van der Waals surface area contributed by atoms with Crippen molar-refractivity contribution in [3.05, 3.63) is 24.4 Å². The summed E-state index contributed by atoms with van der Waals surface area (Å²) in [6.45, 7) is 1.23. The molecule has 0 saturated carbocycles. The Kier molecular flexibility index (Phi) is 27.0. The zero-order valence-electron chi connectivity index (χ0n) is 15.6. The third kappa shape index (κ3) is 22.9. The number of esters is 1. The van der Waals surface area contributed by atoms with Gasteiger partial charge in [-0.2, -0.15) is 32.2 Å². The van der Waals surface area contributed by atoms with Crippen molar-refractivity contribution in [3.8, 4) is 0 Å². The Labute approximate surface area is 201 Å². The van der Waals surface area contributed by atoms with Gasteiger partial charge in [-0.25, -0.2) is 4.79 Å². The molecule has 31 heavy (non-hydrogen) atoms. The molecule has 176 valence electrons. The molecule has 0 aromatic heterocycles. The highest BCUT2D eigenvalue weighted by Gasteiger charge is 2.14. The van der Waals surface area contributed by atoms with Crippen molar-refractivity contribution < 1.29 is 14.3 Å². The molecule has 0 aromatic carbocycles. The van der Waals surface area contributed by atoms with Gasteiger partial charge in [-0.3, -0.25) is 4.79 Å². The van der Waals surface area contributed by atoms with Crippen LogP contribution < -0.4 is 0 Å². The van der Waals surface area contributed by atoms with Gasteiger partial charge in [0.05, 0.1) is 16.5 Å². The maximum Gasteiger partial charge on any atom is 0.330 e. The van der Waals surface area contributed by atoms with E-state index < -0.39 is 0 Å². The van der Waals surface area contributed by atoms with Crippen molar-refractivity contribution in [1.29, 1.82) is 0 Å². The van der Waals surface area contributed by atoms with Crippen LogP contribution in [0.4, 0.5) is 0 Å². The molecule has 0 amide bonds. The highest BCUT2D eigenvalue weighted by molar-refractivity contribution is 8.24. The van der Waals surface area contributed by atoms with E-state index in [0.29, 0.717) is 18.8 Å². The van der Waals surface area contributed by atoms with Crippen molar-refractivity contribution in [2.45, 2.75) is 48.0 Å². The minimum absolute atomic E-state index is 0. The summed E-state index contributed by atoms with van der Waals surface area (Å²) in [4.78, 5) is 20.3. The molecule has 5 rings (SSSR count). The van der Waals surface area contributed by atoms with E-state index in [0.717, 1.165) is 17.2 Å². The third-order valence-corrected chi connectivity index (χ3v) is 5.61. The standard InChI is InChI=1S/C4H4O2.C4H4OS2.C4H8S.2C3H4N2.3CH4/c5-4-2-1-3-6-4;5-3-1-4(6)7-2-3;3*1-2-4-5-3-1;;;/h1-2H,3H2;1-2H2;1-4H2;2-3H,1H2;1-2H,3H2;3*1H4. The van der Waals surface area contributed by atoms with Crippen molar-refractivity contribution in [3.63, 3.8) is 0 Å². The first kappa shape index (κ1) is 34.0. The maximum absolute atomic E-state index is 10.3. The van der Waals surface area contributed by atoms with Crippen LogP contribution in [0, 0.1) is 0 Å². The molecule has 0 radical (unpaired) electrons. The molecule has 0 bridgehead atoms. The summed E-state index contributed by atoms with van der Waals surface area (Å²) >= 11 is 8.30. The van der Waals surface area contributed by atoms with E-state index in [9.17, 15) is 9.59 Å². The summed E-state index contributed by atoms with van der Waals surface area (Å²) in [6.07, 6.45) is 14.6. The van der Waals surface area contributed by atoms with Crippen LogP contribution in [0.15, 0.2) is 44.9 Å². The maximum atomic E-state index is 10.3. The second kappa shape index (κ2) is 24.6. The highest BCUT2D eigenvalue weighted by atomic mass is 32.2. The molecular weight excluding hydrogens is 452 g/mol. The van der Waals surface area contributed by atoms with Gasteiger partial charge in [0.1, 0.15) is 12.4 Å². The van der Waals surface area contributed by atoms with Crippen molar-refractivity contribution in [2.75, 3.05) is 30.4 Å². The van der Waals surface area contributed by atoms with Gasteiger partial charge in [0.2, 0.25) is 0 Å². The quantitative estimate of drug-likeness (QED) is 0.309. The average Bonchev–Trinajstić information content (AvgIpc) is 3.51. The molecular formula is C21H36N4O3S3. The molecule has 2 fully saturated rings. The summed E-state index contributed by atoms with van der Waals surface area (Å²) in [5.41, 5.74) is 0. The monoisotopic (exact) mass is 488 g/mol. The number of Topliss-reactive ketones (excluding diaryl/α,β-unsaturated/α-hetero) is 1. The van der Waals surface area contributed by atoms with Crippen LogP contribution >= 0.6 is 35.7 Å². The van der Waals surface area contributed by atoms with E-state index >= 15 is 0 Å². The molecule has 0 N–H and O–H groups in total. The predicted molar refractivity (Wildman–Crippen MR) is 142 cm³/mol. The third-order valence-electron chi connectivity index (χ3n) is 3.02. The van der Waals surface area contributed by atoms with Crippen LogP contribution in [0.2, 0.25) is 0 Å². The van der Waals surface area contributed by atoms with Crippen molar-refractivity contribution in [1.82, 2.24) is 0 Å². The first-order valence-corrected chi connectivity index (χ1v) is 11.4. The number of rotatable bonds is 0. The molecule has 10 heteroatoms. The molecule has 5 aliphatic rings. The summed E-state index contributed by atoms with van der Waals surface area (Å²) < 4.78 is 5.25. The lowest BCUT2D eigenvalue weighted by atomic mass is 10.4. The number of ether oxygens (including phenoxy) is 1. The topological polar surface area (TPSA) is 92.8 Å². The number of thiocarbonyl (C=S) groups is 1. The Morgan fingerprint density at radius 2 is 1.68 bits per heavy atom. The highest BCUT2D eigenvalue weighted by Crippen LogP contribution is 2.16. The minimum atomic E-state index is -0.227. The van der Waals surface area contributed by atoms with Crippen LogP contribution in [-0.2, 0) is 14.3 Å². The van der Waals surface area contributed by atoms with Crippen LogP contribution in [0.5, 0.6) is 0 Å². The van der Waals surface area contributed by atoms with Crippen LogP contribution in [0.25, 0.3) is 0 Å². The van der Waals surface area contributed by atoms with Gasteiger partial charge < -0.3 is 4.74 Å². The number of cyclic esters (lactones) is 1. The van der Waals surface area contributed by atoms with Crippen LogP contribution in [-0.4, -0.2) is 58.8 Å². The van der Waals surface area contributed by atoms with Crippen LogP contribution in [0.1, 0.15) is 48.0 Å². The van der Waals surface area contributed by atoms with Gasteiger partial charge in [0.25, 0.3) is 0 Å². The Balaban J connectivity index is -0.000000310. The number of ketones is 1. The second-order valence-electron chi connectivity index (χ2n) is 5.38. The fourth-order valence-corrected chi connectivity index (χ4v) is 3.77. The van der Waals surface area contributed by atoms with Gasteiger partial charge in [0.15, 0.2) is 0 Å². The zero-order valence-corrected chi connectivity index (χ0v) is 18.0. The summed E-state index contributed by atoms with van der Waals surface area (Å²) in [5.74, 6) is 3.49. The first-order valence-electron chi connectivity index (χ1n) is 8.82. The Hall–Kier alpha value is -1.65. The lowest BCUT2D eigenvalue weighted by molar-refractivity contribution is -0.134. The number of azo groups is 1. The zero-order chi connectivity index (χ0) is 20.3. The number of carbonyl (C=O) groups is 2. The van der Waals surface area contributed by atoms with E-state index in [-0.39, 0.29) is 34.0 Å². The largest absolute Gasteiger partial charge is 0.458 e. The number of hydrogen-bond acceptors (Lipinski definition) is 10. The minimum Gasteiger partial charge on any atom is -0.458 e. The number of carbonyl (C=O) groups excluding carboxylic acids is 2. The molecule has 2 saturated heterocycles. The van der Waals surface area contributed by atoms with E-state index in [1.165, 1.54) is 42.2 Å². The summed E-state index contributed by atoms with van der Waals surface area (Å²) in [7, 11) is 0. The Morgan fingerprint density at radius 3 is 1.84 bits per heavy atom. The lowest BCUT2D eigenvalue weighted by Gasteiger charge is -1.81. The molecule has 0 unspecified atom stereocenters. The van der Waals surface area contributed by atoms with Gasteiger partial charge in [-0.1, -0.05) is 34.5 Å². The van der Waals surface area contributed by atoms with Crippen molar-refractivity contribution >= 4 is 64.1 Å². The molecule has 0 aliphatic carbocycles. The Morgan fingerprint density at radius 1 is 1.00 bits per heavy atom. The molecule has 0 spiro atoms. The number of nitrogens with zero attached hydrogens (tertiary/aromatic N) is 4. The van der Waals surface area contributed by atoms with E-state index in [2.05, 4.69) is 36.9 Å². The van der Waals surface area contributed by atoms with Crippen molar-refractivity contribution in [2.24, 2.45) is 20.4 Å². The molecule has 0 atom stereocenters. The lowest BCUT2D eigenvalue weighted by Crippen LogP contribution is -1.90. The van der Waals surface area contributed by atoms with Crippen LogP contribution in [0.3, 0.4) is 0 Å². The predicted octanol–water partition coefficient (Wildman–Crippen LogP) is 5.95. The smallest absolute Gasteiger partial charge is 0.330 e. The average molecular weight is 489 g/mol. The summed E-state index contributed by atoms with van der Waals surface area (Å²) in [6, 6.07) is 0. The fraction of sp³-hybridized carbons (Fsp3) is 0.571. The van der Waals surface area contributed by atoms with E-state index in [4.69, 9.17) is 12.2 Å². The molecule has 5 heterocycles. The van der Waals surface area contributed by atoms with Gasteiger partial charge in [-0.05, 0) is 36.5 Å². The first-order chi connectivity index (χ1) is 13.7. The number of thioether (sulfide) groups is 2. The van der Waals surface area contributed by atoms with E-state index in [1.54, 1.807) is 24.7 Å². The normalized spacial score (nSPS) is 17.9. The fourth-order valence-electron chi connectivity index (χ4n) is 1.73. The SMILES string of the molecule is C.C.C.C1=CN=NC1.C1=NN=CC1.C1CCSC1.O=C1C=CCO1.O=C1CSC(=S)C1. The van der Waals surface area contributed by atoms with E-state index in [1.807, 2.05) is 6.08 Å².